The van der Waals surface area contributed by atoms with Crippen LogP contribution in [0.4, 0.5) is 5.69 Å². The average Bonchev–Trinajstić information content (AvgIpc) is 2.07. The van der Waals surface area contributed by atoms with Gasteiger partial charge in [-0.05, 0) is 36.0 Å². The number of sulfonamides is 1. The highest BCUT2D eigenvalue weighted by Gasteiger charge is 2.17. The van der Waals surface area contributed by atoms with Crippen LogP contribution < -0.4 is 4.72 Å². The maximum absolute atomic E-state index is 11.3. The first-order valence-corrected chi connectivity index (χ1v) is 7.49. The molecule has 0 fully saturated rings. The lowest BCUT2D eigenvalue weighted by atomic mass is 9.85. The van der Waals surface area contributed by atoms with Crippen molar-refractivity contribution in [3.05, 3.63) is 28.8 Å². The minimum atomic E-state index is -3.22. The molecule has 0 aliphatic rings. The monoisotopic (exact) mass is 255 g/mol. The summed E-state index contributed by atoms with van der Waals surface area (Å²) in [5.74, 6) is 0. The molecule has 0 atom stereocenters. The summed E-state index contributed by atoms with van der Waals surface area (Å²) in [4.78, 5) is 0. The van der Waals surface area contributed by atoms with Gasteiger partial charge in [0, 0.05) is 0 Å². The maximum Gasteiger partial charge on any atom is 0.229 e. The fraction of sp³-hybridized carbons (Fsp3) is 0.538. The van der Waals surface area contributed by atoms with E-state index in [0.717, 1.165) is 11.1 Å². The highest BCUT2D eigenvalue weighted by atomic mass is 32.2. The van der Waals surface area contributed by atoms with Crippen molar-refractivity contribution in [2.45, 2.75) is 40.0 Å². The summed E-state index contributed by atoms with van der Waals surface area (Å²) < 4.78 is 25.1. The van der Waals surface area contributed by atoms with Crippen molar-refractivity contribution >= 4 is 15.7 Å². The van der Waals surface area contributed by atoms with Crippen LogP contribution in [0.15, 0.2) is 12.1 Å². The summed E-state index contributed by atoms with van der Waals surface area (Å²) in [5.41, 5.74) is 3.90. The van der Waals surface area contributed by atoms with Gasteiger partial charge in [0.1, 0.15) is 0 Å². The van der Waals surface area contributed by atoms with Gasteiger partial charge >= 0.3 is 0 Å². The molecule has 3 nitrogen and oxygen atoms in total. The number of aryl methyl sites for hydroxylation is 2. The quantitative estimate of drug-likeness (QED) is 0.883. The van der Waals surface area contributed by atoms with Crippen LogP contribution in [0.3, 0.4) is 0 Å². The standard InChI is InChI=1S/C13H21NO2S/c1-9-7-11(13(3,4)5)8-10(2)12(9)14-17(6,15)16/h7-8,14H,1-6H3. The molecule has 0 aromatic heterocycles. The Morgan fingerprint density at radius 2 is 1.47 bits per heavy atom. The molecule has 17 heavy (non-hydrogen) atoms. The zero-order valence-corrected chi connectivity index (χ0v) is 12.2. The lowest BCUT2D eigenvalue weighted by Gasteiger charge is -2.22. The molecule has 0 amide bonds. The minimum Gasteiger partial charge on any atom is -0.283 e. The largest absolute Gasteiger partial charge is 0.283 e. The van der Waals surface area contributed by atoms with Crippen LogP contribution in [-0.4, -0.2) is 14.7 Å². The van der Waals surface area contributed by atoms with E-state index in [4.69, 9.17) is 0 Å². The Kier molecular flexibility index (Phi) is 3.58. The first-order chi connectivity index (χ1) is 7.50. The van der Waals surface area contributed by atoms with Crippen molar-refractivity contribution in [2.24, 2.45) is 0 Å². The fourth-order valence-electron chi connectivity index (χ4n) is 1.74. The summed E-state index contributed by atoms with van der Waals surface area (Å²) in [6.45, 7) is 10.3. The zero-order valence-electron chi connectivity index (χ0n) is 11.4. The third-order valence-corrected chi connectivity index (χ3v) is 3.26. The van der Waals surface area contributed by atoms with E-state index in [9.17, 15) is 8.42 Å². The number of nitrogens with one attached hydrogen (secondary N) is 1. The molecule has 0 unspecified atom stereocenters. The predicted molar refractivity (Wildman–Crippen MR) is 73.1 cm³/mol. The molecule has 0 bridgehead atoms. The van der Waals surface area contributed by atoms with Gasteiger partial charge in [0.25, 0.3) is 0 Å². The van der Waals surface area contributed by atoms with Gasteiger partial charge in [0.15, 0.2) is 0 Å². The number of anilines is 1. The molecule has 0 heterocycles. The highest BCUT2D eigenvalue weighted by Crippen LogP contribution is 2.29. The van der Waals surface area contributed by atoms with E-state index in [1.807, 2.05) is 26.0 Å². The molecule has 1 N–H and O–H groups in total. The summed E-state index contributed by atoms with van der Waals surface area (Å²) in [6.07, 6.45) is 1.17. The lowest BCUT2D eigenvalue weighted by Crippen LogP contribution is -2.15. The molecule has 1 rings (SSSR count). The van der Waals surface area contributed by atoms with Crippen molar-refractivity contribution in [1.29, 1.82) is 0 Å². The van der Waals surface area contributed by atoms with E-state index in [1.165, 1.54) is 11.8 Å². The Hall–Kier alpha value is -1.03. The summed E-state index contributed by atoms with van der Waals surface area (Å²) in [6, 6.07) is 4.08. The van der Waals surface area contributed by atoms with Crippen LogP contribution in [0, 0.1) is 13.8 Å². The van der Waals surface area contributed by atoms with Crippen LogP contribution in [0.2, 0.25) is 0 Å². The van der Waals surface area contributed by atoms with Crippen molar-refractivity contribution in [1.82, 2.24) is 0 Å². The first-order valence-electron chi connectivity index (χ1n) is 5.60. The molecule has 1 aromatic rings. The van der Waals surface area contributed by atoms with Gasteiger partial charge in [-0.1, -0.05) is 32.9 Å². The Morgan fingerprint density at radius 1 is 1.06 bits per heavy atom. The van der Waals surface area contributed by atoms with Gasteiger partial charge in [-0.2, -0.15) is 0 Å². The van der Waals surface area contributed by atoms with E-state index in [0.29, 0.717) is 5.69 Å². The second-order valence-electron chi connectivity index (χ2n) is 5.61. The summed E-state index contributed by atoms with van der Waals surface area (Å²) >= 11 is 0. The van der Waals surface area contributed by atoms with Gasteiger partial charge in [-0.25, -0.2) is 8.42 Å². The van der Waals surface area contributed by atoms with Crippen LogP contribution in [0.25, 0.3) is 0 Å². The number of hydrogen-bond donors (Lipinski definition) is 1. The lowest BCUT2D eigenvalue weighted by molar-refractivity contribution is 0.589. The Morgan fingerprint density at radius 3 is 1.76 bits per heavy atom. The average molecular weight is 255 g/mol. The van der Waals surface area contributed by atoms with Crippen molar-refractivity contribution < 1.29 is 8.42 Å². The molecule has 0 aliphatic carbocycles. The minimum absolute atomic E-state index is 0.0686. The van der Waals surface area contributed by atoms with Crippen LogP contribution in [0.1, 0.15) is 37.5 Å². The number of benzene rings is 1. The van der Waals surface area contributed by atoms with Crippen molar-refractivity contribution in [2.75, 3.05) is 11.0 Å². The fourth-order valence-corrected chi connectivity index (χ4v) is 2.44. The number of hydrogen-bond acceptors (Lipinski definition) is 2. The van der Waals surface area contributed by atoms with E-state index in [1.54, 1.807) is 0 Å². The molecule has 0 spiro atoms. The third-order valence-electron chi connectivity index (χ3n) is 2.69. The second kappa shape index (κ2) is 4.33. The maximum atomic E-state index is 11.3. The Labute approximate surface area is 104 Å². The van der Waals surface area contributed by atoms with Crippen LogP contribution in [0.5, 0.6) is 0 Å². The van der Waals surface area contributed by atoms with Gasteiger partial charge < -0.3 is 0 Å². The van der Waals surface area contributed by atoms with E-state index in [2.05, 4.69) is 25.5 Å². The molecule has 0 saturated heterocycles. The van der Waals surface area contributed by atoms with Gasteiger partial charge in [-0.3, -0.25) is 4.72 Å². The Bertz CT molecular complexity index is 502. The topological polar surface area (TPSA) is 46.2 Å². The van der Waals surface area contributed by atoms with Gasteiger partial charge in [0.2, 0.25) is 10.0 Å². The van der Waals surface area contributed by atoms with E-state index < -0.39 is 10.0 Å². The predicted octanol–water partition coefficient (Wildman–Crippen LogP) is 2.97. The normalized spacial score (nSPS) is 12.6. The molecular weight excluding hydrogens is 234 g/mol. The van der Waals surface area contributed by atoms with Gasteiger partial charge in [-0.15, -0.1) is 0 Å². The smallest absolute Gasteiger partial charge is 0.229 e. The molecule has 0 aliphatic heterocycles. The zero-order chi connectivity index (χ0) is 13.4. The van der Waals surface area contributed by atoms with Gasteiger partial charge in [0.05, 0.1) is 11.9 Å². The SMILES string of the molecule is Cc1cc(C(C)(C)C)cc(C)c1NS(C)(=O)=O. The summed E-state index contributed by atoms with van der Waals surface area (Å²) in [5, 5.41) is 0. The first kappa shape index (κ1) is 14.0. The molecular formula is C13H21NO2S. The van der Waals surface area contributed by atoms with Crippen LogP contribution >= 0.6 is 0 Å². The third kappa shape index (κ3) is 3.73. The second-order valence-corrected chi connectivity index (χ2v) is 7.36. The Balaban J connectivity index is 3.30. The van der Waals surface area contributed by atoms with Crippen molar-refractivity contribution in [3.63, 3.8) is 0 Å². The summed E-state index contributed by atoms with van der Waals surface area (Å²) in [7, 11) is -3.22. The molecule has 4 heteroatoms. The van der Waals surface area contributed by atoms with Crippen molar-refractivity contribution in [3.8, 4) is 0 Å². The van der Waals surface area contributed by atoms with E-state index in [-0.39, 0.29) is 5.41 Å². The molecule has 1 aromatic carbocycles. The van der Waals surface area contributed by atoms with E-state index >= 15 is 0 Å². The van der Waals surface area contributed by atoms with Crippen LogP contribution in [-0.2, 0) is 15.4 Å². The molecule has 96 valence electrons. The molecule has 0 radical (unpaired) electrons. The number of rotatable bonds is 2. The highest BCUT2D eigenvalue weighted by molar-refractivity contribution is 7.92. The molecule has 0 saturated carbocycles.